The number of carbonyl (C=O) groups is 1. The number of hydrogen-bond donors (Lipinski definition) is 1. The summed E-state index contributed by atoms with van der Waals surface area (Å²) in [7, 11) is 3.02. The van der Waals surface area contributed by atoms with Crippen molar-refractivity contribution >= 4 is 17.5 Å². The van der Waals surface area contributed by atoms with Crippen LogP contribution < -0.4 is 16.6 Å². The molecule has 0 saturated carbocycles. The molecule has 11 heteroatoms. The average molecular weight is 462 g/mol. The molecule has 0 aliphatic heterocycles. The molecule has 11 nitrogen and oxygen atoms in total. The van der Waals surface area contributed by atoms with Crippen LogP contribution in [0.2, 0.25) is 0 Å². The number of rotatable bonds is 12. The van der Waals surface area contributed by atoms with Crippen molar-refractivity contribution in [1.82, 2.24) is 14.0 Å². The molecule has 0 spiro atoms. The van der Waals surface area contributed by atoms with Gasteiger partial charge in [0.2, 0.25) is 0 Å². The summed E-state index contributed by atoms with van der Waals surface area (Å²) in [5.41, 5.74) is 0.270. The molecule has 1 aromatic heterocycles. The normalized spacial score (nSPS) is 11.9. The number of carbonyl (C=O) groups excluding carboxylic acids is 1. The standard InChI is InChI=1S/C22H31N5O6/c1-16(33-17(2)28)15-26(12-5-6-18-7-9-19(10-8-18)27(31)32)13-11-23-20-14-21(29)25(4)22(30)24(20)3/h7-10,14,16,23H,5-6,11-13,15H2,1-4H3. The molecule has 0 amide bonds. The first-order valence-electron chi connectivity index (χ1n) is 10.7. The van der Waals surface area contributed by atoms with E-state index in [1.807, 2.05) is 6.92 Å². The van der Waals surface area contributed by atoms with E-state index in [4.69, 9.17) is 4.74 Å². The maximum absolute atomic E-state index is 12.1. The van der Waals surface area contributed by atoms with Gasteiger partial charge in [-0.05, 0) is 31.9 Å². The van der Waals surface area contributed by atoms with E-state index in [0.717, 1.165) is 23.0 Å². The number of aryl methyl sites for hydroxylation is 1. The molecule has 0 aliphatic carbocycles. The highest BCUT2D eigenvalue weighted by Gasteiger charge is 2.13. The molecule has 180 valence electrons. The van der Waals surface area contributed by atoms with Gasteiger partial charge < -0.3 is 10.1 Å². The number of nitro groups is 1. The van der Waals surface area contributed by atoms with Crippen LogP contribution in [0.3, 0.4) is 0 Å². The first kappa shape index (κ1) is 25.8. The highest BCUT2D eigenvalue weighted by molar-refractivity contribution is 5.66. The fourth-order valence-electron chi connectivity index (χ4n) is 3.51. The third kappa shape index (κ3) is 7.86. The summed E-state index contributed by atoms with van der Waals surface area (Å²) in [6.07, 6.45) is 1.25. The van der Waals surface area contributed by atoms with Crippen molar-refractivity contribution in [1.29, 1.82) is 0 Å². The Labute approximate surface area is 191 Å². The van der Waals surface area contributed by atoms with Crippen LogP contribution in [0.4, 0.5) is 11.5 Å². The Bertz CT molecular complexity index is 1080. The molecule has 33 heavy (non-hydrogen) atoms. The molecule has 0 aliphatic rings. The van der Waals surface area contributed by atoms with Crippen molar-refractivity contribution < 1.29 is 14.5 Å². The van der Waals surface area contributed by atoms with E-state index in [9.17, 15) is 24.5 Å². The van der Waals surface area contributed by atoms with Crippen molar-refractivity contribution in [3.63, 3.8) is 0 Å². The van der Waals surface area contributed by atoms with Gasteiger partial charge in [0.25, 0.3) is 11.2 Å². The molecule has 1 atom stereocenters. The number of nitrogens with one attached hydrogen (secondary N) is 1. The monoisotopic (exact) mass is 461 g/mol. The van der Waals surface area contributed by atoms with Crippen LogP contribution in [-0.2, 0) is 30.0 Å². The number of aromatic nitrogens is 2. The molecule has 2 rings (SSSR count). The SMILES string of the molecule is CC(=O)OC(C)CN(CCCc1ccc([N+](=O)[O-])cc1)CCNc1cc(=O)n(C)c(=O)n1C. The van der Waals surface area contributed by atoms with E-state index in [2.05, 4.69) is 10.2 Å². The Kier molecular flexibility index (Phi) is 9.34. The minimum atomic E-state index is -0.423. The minimum Gasteiger partial charge on any atom is -0.461 e. The van der Waals surface area contributed by atoms with Gasteiger partial charge in [0, 0.05) is 58.9 Å². The van der Waals surface area contributed by atoms with Gasteiger partial charge in [-0.25, -0.2) is 4.79 Å². The molecule has 1 unspecified atom stereocenters. The number of ether oxygens (including phenoxy) is 1. The maximum atomic E-state index is 12.1. The van der Waals surface area contributed by atoms with Gasteiger partial charge >= 0.3 is 11.7 Å². The Morgan fingerprint density at radius 3 is 2.45 bits per heavy atom. The quantitative estimate of drug-likeness (QED) is 0.284. The van der Waals surface area contributed by atoms with Crippen LogP contribution in [0, 0.1) is 10.1 Å². The van der Waals surface area contributed by atoms with Gasteiger partial charge in [0.1, 0.15) is 11.9 Å². The van der Waals surface area contributed by atoms with Crippen molar-refractivity contribution in [3.05, 3.63) is 66.8 Å². The Morgan fingerprint density at radius 1 is 1.18 bits per heavy atom. The predicted molar refractivity (Wildman–Crippen MR) is 124 cm³/mol. The van der Waals surface area contributed by atoms with Gasteiger partial charge in [-0.3, -0.25) is 33.7 Å². The number of nitrogens with zero attached hydrogens (tertiary/aromatic N) is 4. The molecule has 0 radical (unpaired) electrons. The zero-order chi connectivity index (χ0) is 24.5. The van der Waals surface area contributed by atoms with Crippen LogP contribution in [0.25, 0.3) is 0 Å². The summed E-state index contributed by atoms with van der Waals surface area (Å²) in [5, 5.41) is 13.9. The number of benzene rings is 1. The molecule has 1 N–H and O–H groups in total. The maximum Gasteiger partial charge on any atom is 0.332 e. The van der Waals surface area contributed by atoms with Crippen LogP contribution in [-0.4, -0.2) is 57.2 Å². The van der Waals surface area contributed by atoms with Gasteiger partial charge in [-0.2, -0.15) is 0 Å². The van der Waals surface area contributed by atoms with E-state index in [0.29, 0.717) is 32.0 Å². The van der Waals surface area contributed by atoms with Crippen molar-refractivity contribution in [2.45, 2.75) is 32.8 Å². The lowest BCUT2D eigenvalue weighted by Gasteiger charge is -2.26. The molecule has 0 fully saturated rings. The Balaban J connectivity index is 1.97. The van der Waals surface area contributed by atoms with Crippen molar-refractivity contribution in [2.24, 2.45) is 14.1 Å². The second kappa shape index (κ2) is 12.0. The summed E-state index contributed by atoms with van der Waals surface area (Å²) >= 11 is 0. The molecular formula is C22H31N5O6. The second-order valence-corrected chi connectivity index (χ2v) is 7.94. The van der Waals surface area contributed by atoms with Crippen LogP contribution in [0.15, 0.2) is 39.9 Å². The van der Waals surface area contributed by atoms with E-state index in [-0.39, 0.29) is 23.3 Å². The predicted octanol–water partition coefficient (Wildman–Crippen LogP) is 1.29. The number of non-ortho nitro benzene ring substituents is 1. The lowest BCUT2D eigenvalue weighted by molar-refractivity contribution is -0.384. The van der Waals surface area contributed by atoms with E-state index >= 15 is 0 Å². The van der Waals surface area contributed by atoms with E-state index in [1.54, 1.807) is 19.2 Å². The zero-order valence-corrected chi connectivity index (χ0v) is 19.4. The zero-order valence-electron chi connectivity index (χ0n) is 19.4. The highest BCUT2D eigenvalue weighted by atomic mass is 16.6. The summed E-state index contributed by atoms with van der Waals surface area (Å²) < 4.78 is 7.67. The minimum absolute atomic E-state index is 0.0619. The Morgan fingerprint density at radius 2 is 1.85 bits per heavy atom. The number of anilines is 1. The highest BCUT2D eigenvalue weighted by Crippen LogP contribution is 2.13. The molecular weight excluding hydrogens is 430 g/mol. The Hall–Kier alpha value is -3.47. The first-order chi connectivity index (χ1) is 15.6. The summed E-state index contributed by atoms with van der Waals surface area (Å²) in [5.74, 6) is 0.0866. The number of esters is 1. The van der Waals surface area contributed by atoms with Gasteiger partial charge in [0.05, 0.1) is 4.92 Å². The van der Waals surface area contributed by atoms with Gasteiger partial charge in [0.15, 0.2) is 0 Å². The summed E-state index contributed by atoms with van der Waals surface area (Å²) in [4.78, 5) is 47.8. The van der Waals surface area contributed by atoms with Crippen molar-refractivity contribution in [3.8, 4) is 0 Å². The van der Waals surface area contributed by atoms with Crippen molar-refractivity contribution in [2.75, 3.05) is 31.5 Å². The lowest BCUT2D eigenvalue weighted by atomic mass is 10.1. The number of nitro benzene ring substituents is 1. The molecule has 1 heterocycles. The van der Waals surface area contributed by atoms with Gasteiger partial charge in [-0.15, -0.1) is 0 Å². The fourth-order valence-corrected chi connectivity index (χ4v) is 3.51. The van der Waals surface area contributed by atoms with Gasteiger partial charge in [-0.1, -0.05) is 12.1 Å². The number of hydrogen-bond acceptors (Lipinski definition) is 8. The van der Waals surface area contributed by atoms with Crippen LogP contribution in [0.1, 0.15) is 25.8 Å². The molecule has 0 saturated heterocycles. The summed E-state index contributed by atoms with van der Waals surface area (Å²) in [6, 6.07) is 7.87. The fraction of sp³-hybridized carbons (Fsp3) is 0.500. The largest absolute Gasteiger partial charge is 0.461 e. The first-order valence-corrected chi connectivity index (χ1v) is 10.7. The average Bonchev–Trinajstić information content (AvgIpc) is 2.75. The topological polar surface area (TPSA) is 129 Å². The lowest BCUT2D eigenvalue weighted by Crippen LogP contribution is -2.39. The summed E-state index contributed by atoms with van der Waals surface area (Å²) in [6.45, 7) is 5.49. The van der Waals surface area contributed by atoms with Crippen LogP contribution >= 0.6 is 0 Å². The second-order valence-electron chi connectivity index (χ2n) is 7.94. The molecule has 1 aromatic carbocycles. The third-order valence-electron chi connectivity index (χ3n) is 5.23. The van der Waals surface area contributed by atoms with Crippen LogP contribution in [0.5, 0.6) is 0 Å². The van der Waals surface area contributed by atoms with E-state index in [1.165, 1.54) is 36.7 Å². The molecule has 0 bridgehead atoms. The third-order valence-corrected chi connectivity index (χ3v) is 5.23. The smallest absolute Gasteiger partial charge is 0.332 e. The van der Waals surface area contributed by atoms with E-state index < -0.39 is 10.6 Å². The molecule has 2 aromatic rings.